The van der Waals surface area contributed by atoms with Gasteiger partial charge in [0.05, 0.1) is 28.7 Å². The van der Waals surface area contributed by atoms with Crippen LogP contribution in [0.4, 0.5) is 5.69 Å². The normalized spacial score (nSPS) is 27.3. The van der Waals surface area contributed by atoms with Crippen molar-refractivity contribution < 1.29 is 0 Å². The van der Waals surface area contributed by atoms with Crippen LogP contribution in [0.5, 0.6) is 0 Å². The lowest BCUT2D eigenvalue weighted by atomic mass is 9.85. The highest BCUT2D eigenvalue weighted by molar-refractivity contribution is 7.99. The zero-order valence-electron chi connectivity index (χ0n) is 17.4. The topological polar surface area (TPSA) is 42.6 Å². The summed E-state index contributed by atoms with van der Waals surface area (Å²) < 4.78 is 0. The fraction of sp³-hybridized carbons (Fsp3) is 0.609. The molecular weight excluding hydrogens is 396 g/mol. The number of anilines is 1. The summed E-state index contributed by atoms with van der Waals surface area (Å²) in [6.07, 6.45) is 6.24. The molecule has 2 saturated heterocycles. The van der Waals surface area contributed by atoms with E-state index >= 15 is 0 Å². The molecule has 0 spiro atoms. The van der Waals surface area contributed by atoms with Gasteiger partial charge in [0.1, 0.15) is 5.84 Å². The van der Waals surface area contributed by atoms with Gasteiger partial charge in [-0.3, -0.25) is 14.8 Å². The molecule has 1 aliphatic carbocycles. The minimum absolute atomic E-state index is 0.154. The third-order valence-corrected chi connectivity index (χ3v) is 8.12. The molecule has 0 bridgehead atoms. The van der Waals surface area contributed by atoms with Crippen molar-refractivity contribution in [3.05, 3.63) is 29.8 Å². The number of benzene rings is 1. The van der Waals surface area contributed by atoms with Crippen LogP contribution in [0.1, 0.15) is 51.5 Å². The van der Waals surface area contributed by atoms with E-state index in [1.807, 2.05) is 36.0 Å². The van der Waals surface area contributed by atoms with E-state index in [0.717, 1.165) is 29.6 Å². The first-order chi connectivity index (χ1) is 14.0. The Kier molecular flexibility index (Phi) is 6.29. The zero-order valence-corrected chi connectivity index (χ0v) is 19.1. The quantitative estimate of drug-likeness (QED) is 0.645. The second-order valence-electron chi connectivity index (χ2n) is 8.85. The van der Waals surface area contributed by atoms with Crippen LogP contribution in [0.15, 0.2) is 29.3 Å². The van der Waals surface area contributed by atoms with Gasteiger partial charge in [-0.15, -0.1) is 0 Å². The van der Waals surface area contributed by atoms with Crippen molar-refractivity contribution in [2.45, 2.75) is 58.0 Å². The second-order valence-corrected chi connectivity index (χ2v) is 10.5. The van der Waals surface area contributed by atoms with Crippen molar-refractivity contribution in [1.29, 1.82) is 5.26 Å². The highest BCUT2D eigenvalue weighted by Gasteiger charge is 2.52. The molecule has 1 aromatic carbocycles. The molecule has 2 heterocycles. The highest BCUT2D eigenvalue weighted by atomic mass is 32.2. The number of thioether (sulfide) groups is 1. The molecule has 0 N–H and O–H groups in total. The Balaban J connectivity index is 1.77. The largest absolute Gasteiger partial charge is 0.291 e. The van der Waals surface area contributed by atoms with Gasteiger partial charge in [-0.2, -0.15) is 17.0 Å². The molecule has 29 heavy (non-hydrogen) atoms. The van der Waals surface area contributed by atoms with E-state index in [-0.39, 0.29) is 11.5 Å². The molecule has 0 amide bonds. The summed E-state index contributed by atoms with van der Waals surface area (Å²) in [4.78, 5) is 11.1. The lowest BCUT2D eigenvalue weighted by Crippen LogP contribution is -2.51. The van der Waals surface area contributed by atoms with Crippen LogP contribution in [0, 0.1) is 16.7 Å². The van der Waals surface area contributed by atoms with Crippen molar-refractivity contribution in [2.24, 2.45) is 10.4 Å². The van der Waals surface area contributed by atoms with Crippen molar-refractivity contribution in [2.75, 3.05) is 29.5 Å². The summed E-state index contributed by atoms with van der Waals surface area (Å²) in [6, 6.07) is 10.6. The molecule has 0 unspecified atom stereocenters. The summed E-state index contributed by atoms with van der Waals surface area (Å²) in [5.74, 6) is 3.48. The molecule has 0 aromatic heterocycles. The van der Waals surface area contributed by atoms with Crippen LogP contribution in [0.2, 0.25) is 0 Å². The van der Waals surface area contributed by atoms with E-state index in [4.69, 9.17) is 17.2 Å². The lowest BCUT2D eigenvalue weighted by Gasteiger charge is -2.38. The number of nitrogens with zero attached hydrogens (tertiary/aromatic N) is 4. The first-order valence-corrected chi connectivity index (χ1v) is 12.3. The Hall–Kier alpha value is -1.42. The minimum atomic E-state index is -0.154. The van der Waals surface area contributed by atoms with Crippen molar-refractivity contribution in [3.63, 3.8) is 0 Å². The monoisotopic (exact) mass is 426 g/mol. The number of amidine groups is 1. The maximum atomic E-state index is 9.19. The van der Waals surface area contributed by atoms with E-state index in [1.54, 1.807) is 0 Å². The fourth-order valence-corrected chi connectivity index (χ4v) is 6.11. The fourth-order valence-electron chi connectivity index (χ4n) is 4.87. The summed E-state index contributed by atoms with van der Waals surface area (Å²) >= 11 is 8.10. The summed E-state index contributed by atoms with van der Waals surface area (Å²) in [7, 11) is 0. The summed E-state index contributed by atoms with van der Waals surface area (Å²) in [5, 5.41) is 9.19. The van der Waals surface area contributed by atoms with Crippen LogP contribution in [-0.2, 0) is 0 Å². The first kappa shape index (κ1) is 20.8. The third kappa shape index (κ3) is 4.10. The SMILES string of the molecule is CC1(C)C(=S)N(c2ccc(C#N)cc2)C(=NC2CCCCC2)[C@@H]1N1CCSCC1. The summed E-state index contributed by atoms with van der Waals surface area (Å²) in [5.41, 5.74) is 1.55. The van der Waals surface area contributed by atoms with E-state index in [0.29, 0.717) is 11.6 Å². The Bertz CT molecular complexity index is 812. The lowest BCUT2D eigenvalue weighted by molar-refractivity contribution is 0.201. The smallest absolute Gasteiger partial charge is 0.127 e. The predicted octanol–water partition coefficient (Wildman–Crippen LogP) is 4.88. The molecule has 6 heteroatoms. The molecule has 3 aliphatic rings. The number of hydrogen-bond acceptors (Lipinski definition) is 5. The minimum Gasteiger partial charge on any atom is -0.291 e. The molecule has 154 valence electrons. The zero-order chi connectivity index (χ0) is 20.4. The number of aliphatic imine (C=N–C) groups is 1. The Morgan fingerprint density at radius 2 is 1.76 bits per heavy atom. The Morgan fingerprint density at radius 3 is 2.38 bits per heavy atom. The number of nitriles is 1. The first-order valence-electron chi connectivity index (χ1n) is 10.8. The van der Waals surface area contributed by atoms with Gasteiger partial charge in [-0.25, -0.2) is 0 Å². The average Bonchev–Trinajstić information content (AvgIpc) is 2.94. The molecule has 1 aromatic rings. The third-order valence-electron chi connectivity index (χ3n) is 6.47. The molecule has 4 rings (SSSR count). The average molecular weight is 427 g/mol. The van der Waals surface area contributed by atoms with E-state index in [9.17, 15) is 5.26 Å². The molecule has 1 atom stereocenters. The van der Waals surface area contributed by atoms with Gasteiger partial charge in [0.2, 0.25) is 0 Å². The number of hydrogen-bond donors (Lipinski definition) is 0. The number of rotatable bonds is 3. The second kappa shape index (κ2) is 8.75. The van der Waals surface area contributed by atoms with Gasteiger partial charge in [0.15, 0.2) is 0 Å². The maximum absolute atomic E-state index is 9.19. The number of thiocarbonyl (C=S) groups is 1. The van der Waals surface area contributed by atoms with Gasteiger partial charge in [-0.05, 0) is 37.1 Å². The van der Waals surface area contributed by atoms with Gasteiger partial charge < -0.3 is 0 Å². The van der Waals surface area contributed by atoms with E-state index in [2.05, 4.69) is 29.7 Å². The van der Waals surface area contributed by atoms with E-state index < -0.39 is 0 Å². The standard InChI is InChI=1S/C23H30N4S2/c1-23(2)20(26-12-14-29-15-13-26)21(25-18-6-4-3-5-7-18)27(22(23)28)19-10-8-17(16-24)9-11-19/h8-11,18,20H,3-7,12-15H2,1-2H3/t20-/m0/s1. The van der Waals surface area contributed by atoms with Crippen LogP contribution in [-0.4, -0.2) is 52.4 Å². The molecule has 2 aliphatic heterocycles. The predicted molar refractivity (Wildman–Crippen MR) is 127 cm³/mol. The van der Waals surface area contributed by atoms with E-state index in [1.165, 1.54) is 43.6 Å². The molecule has 1 saturated carbocycles. The van der Waals surface area contributed by atoms with Crippen molar-refractivity contribution in [3.8, 4) is 6.07 Å². The van der Waals surface area contributed by atoms with Gasteiger partial charge in [0.25, 0.3) is 0 Å². The van der Waals surface area contributed by atoms with Crippen LogP contribution < -0.4 is 4.90 Å². The molecule has 3 fully saturated rings. The molecule has 4 nitrogen and oxygen atoms in total. The molecular formula is C23H30N4S2. The van der Waals surface area contributed by atoms with Crippen LogP contribution >= 0.6 is 24.0 Å². The highest BCUT2D eigenvalue weighted by Crippen LogP contribution is 2.41. The Labute approximate surface area is 184 Å². The maximum Gasteiger partial charge on any atom is 0.127 e. The van der Waals surface area contributed by atoms with Gasteiger partial charge in [-0.1, -0.05) is 45.3 Å². The summed E-state index contributed by atoms with van der Waals surface area (Å²) in [6.45, 7) is 6.74. The van der Waals surface area contributed by atoms with Crippen molar-refractivity contribution >= 4 is 40.5 Å². The van der Waals surface area contributed by atoms with Crippen molar-refractivity contribution in [1.82, 2.24) is 4.90 Å². The van der Waals surface area contributed by atoms with Crippen LogP contribution in [0.3, 0.4) is 0 Å². The van der Waals surface area contributed by atoms with Gasteiger partial charge in [0, 0.05) is 35.7 Å². The Morgan fingerprint density at radius 1 is 1.10 bits per heavy atom. The van der Waals surface area contributed by atoms with Crippen LogP contribution in [0.25, 0.3) is 0 Å². The van der Waals surface area contributed by atoms with Gasteiger partial charge >= 0.3 is 0 Å². The molecule has 0 radical (unpaired) electrons.